The first-order valence-corrected chi connectivity index (χ1v) is 11.4. The molecule has 1 unspecified atom stereocenters. The topological polar surface area (TPSA) is 49.7 Å². The highest BCUT2D eigenvalue weighted by molar-refractivity contribution is 9.10. The van der Waals surface area contributed by atoms with Gasteiger partial charge in [-0.1, -0.05) is 35.8 Å². The fraction of sp³-hybridized carbons (Fsp3) is 0.619. The maximum atomic E-state index is 13.1. The molecule has 0 heterocycles. The van der Waals surface area contributed by atoms with Gasteiger partial charge in [0.25, 0.3) is 0 Å². The Kier molecular flexibility index (Phi) is 7.14. The molecular weight excluding hydrogens is 410 g/mol. The van der Waals surface area contributed by atoms with E-state index in [0.717, 1.165) is 47.2 Å². The van der Waals surface area contributed by atoms with E-state index in [2.05, 4.69) is 28.1 Å². The number of halogens is 1. The van der Waals surface area contributed by atoms with E-state index in [-0.39, 0.29) is 17.3 Å². The maximum Gasteiger partial charge on any atom is 0.162 e. The summed E-state index contributed by atoms with van der Waals surface area (Å²) in [4.78, 5) is 18.1. The molecule has 0 bridgehead atoms. The quantitative estimate of drug-likeness (QED) is 0.487. The fourth-order valence-corrected chi connectivity index (χ4v) is 5.20. The summed E-state index contributed by atoms with van der Waals surface area (Å²) < 4.78 is 0.983. The normalized spacial score (nSPS) is 30.6. The lowest BCUT2D eigenvalue weighted by Gasteiger charge is -2.46. The molecule has 1 aromatic carbocycles. The van der Waals surface area contributed by atoms with Crippen molar-refractivity contribution >= 4 is 38.5 Å². The molecule has 3 rings (SSSR count). The van der Waals surface area contributed by atoms with Crippen molar-refractivity contribution in [3.63, 3.8) is 0 Å². The number of aliphatic imine (C=N–C) groups is 1. The molecule has 3 nitrogen and oxygen atoms in total. The Bertz CT molecular complexity index is 695. The van der Waals surface area contributed by atoms with Gasteiger partial charge in [-0.15, -0.1) is 11.8 Å². The number of ketones is 1. The van der Waals surface area contributed by atoms with E-state index in [9.17, 15) is 9.90 Å². The van der Waals surface area contributed by atoms with Crippen molar-refractivity contribution in [3.8, 4) is 0 Å². The molecule has 2 aliphatic rings. The highest BCUT2D eigenvalue weighted by atomic mass is 79.9. The Hall–Kier alpha value is -0.650. The highest BCUT2D eigenvalue weighted by Gasteiger charge is 2.61. The summed E-state index contributed by atoms with van der Waals surface area (Å²) in [5.41, 5.74) is 1.24. The molecule has 1 atom stereocenters. The smallest absolute Gasteiger partial charge is 0.162 e. The number of hydrogen-bond donors (Lipinski definition) is 1. The van der Waals surface area contributed by atoms with Crippen molar-refractivity contribution in [1.82, 2.24) is 0 Å². The van der Waals surface area contributed by atoms with E-state index < -0.39 is 5.54 Å². The minimum absolute atomic E-state index is 0.115. The largest absolute Gasteiger partial charge is 0.393 e. The molecule has 0 aromatic heterocycles. The van der Waals surface area contributed by atoms with Gasteiger partial charge in [0.15, 0.2) is 11.3 Å². The summed E-state index contributed by atoms with van der Waals surface area (Å²) in [6.07, 6.45) is 5.79. The molecule has 0 aliphatic heterocycles. The van der Waals surface area contributed by atoms with Gasteiger partial charge in [0.1, 0.15) is 0 Å². The SMILES string of the molecule is CC.CSC(C)=NC1(C(C)=O)c2cc(Br)ccc2CC12CCC(O)CC2. The summed E-state index contributed by atoms with van der Waals surface area (Å²) in [5.74, 6) is 0.115. The van der Waals surface area contributed by atoms with E-state index in [1.54, 1.807) is 18.7 Å². The Balaban J connectivity index is 0.00000117. The first-order chi connectivity index (χ1) is 12.3. The summed E-state index contributed by atoms with van der Waals surface area (Å²) in [5, 5.41) is 11.0. The average molecular weight is 440 g/mol. The number of carbonyl (C=O) groups is 1. The molecule has 1 spiro atoms. The van der Waals surface area contributed by atoms with Gasteiger partial charge in [-0.25, -0.2) is 0 Å². The van der Waals surface area contributed by atoms with Crippen molar-refractivity contribution in [2.75, 3.05) is 6.26 Å². The van der Waals surface area contributed by atoms with Crippen LogP contribution in [0.3, 0.4) is 0 Å². The number of fused-ring (bicyclic) bond motifs is 1. The Labute approximate surface area is 170 Å². The number of benzene rings is 1. The molecule has 0 radical (unpaired) electrons. The predicted molar refractivity (Wildman–Crippen MR) is 115 cm³/mol. The van der Waals surface area contributed by atoms with Crippen LogP contribution >= 0.6 is 27.7 Å². The number of nitrogens with zero attached hydrogens (tertiary/aromatic N) is 1. The van der Waals surface area contributed by atoms with Gasteiger partial charge in [-0.2, -0.15) is 0 Å². The van der Waals surface area contributed by atoms with Crippen LogP contribution in [0.5, 0.6) is 0 Å². The van der Waals surface area contributed by atoms with Crippen LogP contribution in [-0.2, 0) is 16.8 Å². The van der Waals surface area contributed by atoms with Gasteiger partial charge in [0, 0.05) is 9.89 Å². The van der Waals surface area contributed by atoms with Gasteiger partial charge in [-0.3, -0.25) is 9.79 Å². The Morgan fingerprint density at radius 3 is 2.42 bits per heavy atom. The predicted octanol–water partition coefficient (Wildman–Crippen LogP) is 5.52. The van der Waals surface area contributed by atoms with Crippen LogP contribution < -0.4 is 0 Å². The number of hydrogen-bond acceptors (Lipinski definition) is 4. The second-order valence-electron chi connectivity index (χ2n) is 7.09. The first kappa shape index (κ1) is 21.6. The zero-order chi connectivity index (χ0) is 19.5. The molecule has 1 N–H and O–H groups in total. The standard InChI is InChI=1S/C19H24BrNO2S.C2H6/c1-12(22)19(21-13(2)24-3)17-10-15(20)5-4-14(17)11-18(19)8-6-16(23)7-9-18;1-2/h4-5,10,16,23H,6-9,11H2,1-3H3;1-2H3. The van der Waals surface area contributed by atoms with Gasteiger partial charge in [0.2, 0.25) is 0 Å². The lowest BCUT2D eigenvalue weighted by molar-refractivity contribution is -0.128. The van der Waals surface area contributed by atoms with E-state index in [4.69, 9.17) is 4.99 Å². The zero-order valence-corrected chi connectivity index (χ0v) is 18.8. The van der Waals surface area contributed by atoms with Crippen LogP contribution in [0.2, 0.25) is 0 Å². The van der Waals surface area contributed by atoms with Crippen molar-refractivity contribution in [2.45, 2.75) is 71.4 Å². The molecule has 0 saturated heterocycles. The molecule has 1 aromatic rings. The highest BCUT2D eigenvalue weighted by Crippen LogP contribution is 2.60. The third-order valence-electron chi connectivity index (χ3n) is 5.80. The van der Waals surface area contributed by atoms with E-state index in [0.29, 0.717) is 0 Å². The summed E-state index contributed by atoms with van der Waals surface area (Å²) in [7, 11) is 0. The number of aliphatic hydroxyl groups excluding tert-OH is 1. The second-order valence-corrected chi connectivity index (χ2v) is 9.01. The molecule has 1 fully saturated rings. The number of carbonyl (C=O) groups excluding carboxylic acids is 1. The lowest BCUT2D eigenvalue weighted by Crippen LogP contribution is -2.49. The van der Waals surface area contributed by atoms with E-state index in [1.807, 2.05) is 33.1 Å². The van der Waals surface area contributed by atoms with Gasteiger partial charge < -0.3 is 5.11 Å². The number of rotatable bonds is 2. The molecular formula is C21H30BrNO2S. The Morgan fingerprint density at radius 1 is 1.27 bits per heavy atom. The first-order valence-electron chi connectivity index (χ1n) is 9.43. The molecule has 144 valence electrons. The number of aliphatic hydroxyl groups is 1. The van der Waals surface area contributed by atoms with Gasteiger partial charge in [-0.05, 0) is 75.5 Å². The fourth-order valence-electron chi connectivity index (χ4n) is 4.61. The van der Waals surface area contributed by atoms with Crippen molar-refractivity contribution < 1.29 is 9.90 Å². The average Bonchev–Trinajstić information content (AvgIpc) is 2.89. The van der Waals surface area contributed by atoms with Crippen LogP contribution in [0.4, 0.5) is 0 Å². The van der Waals surface area contributed by atoms with Crippen LogP contribution in [0, 0.1) is 5.41 Å². The van der Waals surface area contributed by atoms with Crippen molar-refractivity contribution in [3.05, 3.63) is 33.8 Å². The minimum Gasteiger partial charge on any atom is -0.393 e. The summed E-state index contributed by atoms with van der Waals surface area (Å²) in [6, 6.07) is 6.25. The van der Waals surface area contributed by atoms with Crippen LogP contribution in [-0.4, -0.2) is 28.3 Å². The van der Waals surface area contributed by atoms with Crippen LogP contribution in [0.1, 0.15) is 64.5 Å². The minimum atomic E-state index is -0.820. The monoisotopic (exact) mass is 439 g/mol. The number of thioether (sulfide) groups is 1. The van der Waals surface area contributed by atoms with E-state index in [1.165, 1.54) is 5.56 Å². The van der Waals surface area contributed by atoms with Crippen molar-refractivity contribution in [2.24, 2.45) is 10.4 Å². The van der Waals surface area contributed by atoms with E-state index >= 15 is 0 Å². The van der Waals surface area contributed by atoms with Gasteiger partial charge in [0.05, 0.1) is 11.1 Å². The Morgan fingerprint density at radius 2 is 1.88 bits per heavy atom. The third kappa shape index (κ3) is 3.55. The maximum absolute atomic E-state index is 13.1. The summed E-state index contributed by atoms with van der Waals surface area (Å²) >= 11 is 5.16. The lowest BCUT2D eigenvalue weighted by atomic mass is 9.60. The van der Waals surface area contributed by atoms with Crippen LogP contribution in [0.25, 0.3) is 0 Å². The molecule has 1 saturated carbocycles. The van der Waals surface area contributed by atoms with Gasteiger partial charge >= 0.3 is 0 Å². The second kappa shape index (κ2) is 8.57. The molecule has 2 aliphatic carbocycles. The molecule has 5 heteroatoms. The molecule has 0 amide bonds. The molecule has 26 heavy (non-hydrogen) atoms. The van der Waals surface area contributed by atoms with Crippen LogP contribution in [0.15, 0.2) is 27.7 Å². The van der Waals surface area contributed by atoms with Crippen molar-refractivity contribution in [1.29, 1.82) is 0 Å². The zero-order valence-electron chi connectivity index (χ0n) is 16.4. The third-order valence-corrected chi connectivity index (χ3v) is 6.98. The number of Topliss-reactive ketones (excluding diaryl/α,β-unsaturated/α-hetero) is 1. The summed E-state index contributed by atoms with van der Waals surface area (Å²) in [6.45, 7) is 7.66.